The first-order chi connectivity index (χ1) is 11.2. The highest BCUT2D eigenvalue weighted by molar-refractivity contribution is 8.13. The van der Waals surface area contributed by atoms with Crippen LogP contribution >= 0.6 is 11.8 Å². The zero-order chi connectivity index (χ0) is 15.9. The topological polar surface area (TPSA) is 67.2 Å². The van der Waals surface area contributed by atoms with Crippen LogP contribution in [0.25, 0.3) is 0 Å². The van der Waals surface area contributed by atoms with Crippen molar-refractivity contribution >= 4 is 22.8 Å². The molecule has 0 bridgehead atoms. The molecule has 2 unspecified atom stereocenters. The predicted molar refractivity (Wildman–Crippen MR) is 87.0 cm³/mol. The lowest BCUT2D eigenvalue weighted by atomic mass is 9.85. The third kappa shape index (κ3) is 2.46. The van der Waals surface area contributed by atoms with Crippen LogP contribution in [0.2, 0.25) is 0 Å². The second-order valence-electron chi connectivity index (χ2n) is 5.74. The van der Waals surface area contributed by atoms with Crippen molar-refractivity contribution in [2.45, 2.75) is 12.5 Å². The van der Waals surface area contributed by atoms with E-state index in [1.807, 2.05) is 6.92 Å². The van der Waals surface area contributed by atoms with E-state index < -0.39 is 11.4 Å². The summed E-state index contributed by atoms with van der Waals surface area (Å²) in [6, 6.07) is 0. The molecule has 23 heavy (non-hydrogen) atoms. The Kier molecular flexibility index (Phi) is 3.48. The van der Waals surface area contributed by atoms with Crippen molar-refractivity contribution in [1.29, 1.82) is 0 Å². The van der Waals surface area contributed by atoms with Crippen molar-refractivity contribution in [1.82, 2.24) is 19.9 Å². The molecule has 0 radical (unpaired) electrons. The molecule has 0 spiro atoms. The summed E-state index contributed by atoms with van der Waals surface area (Å²) in [5.74, 6) is 1.35. The van der Waals surface area contributed by atoms with Gasteiger partial charge < -0.3 is 4.90 Å². The van der Waals surface area contributed by atoms with E-state index in [4.69, 9.17) is 4.99 Å². The Labute approximate surface area is 137 Å². The Hall–Kier alpha value is -2.09. The van der Waals surface area contributed by atoms with Gasteiger partial charge in [0.25, 0.3) is 0 Å². The van der Waals surface area contributed by atoms with Crippen LogP contribution in [-0.2, 0) is 5.54 Å². The van der Waals surface area contributed by atoms with Gasteiger partial charge in [-0.1, -0.05) is 0 Å². The van der Waals surface area contributed by atoms with Crippen molar-refractivity contribution in [3.05, 3.63) is 42.5 Å². The first kappa shape index (κ1) is 14.5. The fourth-order valence-electron chi connectivity index (χ4n) is 3.24. The summed E-state index contributed by atoms with van der Waals surface area (Å²) in [5.41, 5.74) is 0.440. The van der Waals surface area contributed by atoms with Gasteiger partial charge in [0.05, 0.1) is 35.9 Å². The monoisotopic (exact) mass is 330 g/mol. The van der Waals surface area contributed by atoms with Crippen LogP contribution in [0.15, 0.2) is 36.0 Å². The van der Waals surface area contributed by atoms with Crippen molar-refractivity contribution in [3.63, 3.8) is 0 Å². The van der Waals surface area contributed by atoms with Gasteiger partial charge in [-0.3, -0.25) is 15.0 Å². The maximum Gasteiger partial charge on any atom is 0.225 e. The summed E-state index contributed by atoms with van der Waals surface area (Å²) in [6.45, 7) is 3.42. The first-order valence-corrected chi connectivity index (χ1v) is 8.34. The fraction of sp³-hybridized carbons (Fsp3) is 0.400. The lowest BCUT2D eigenvalue weighted by Gasteiger charge is -2.33. The highest BCUT2D eigenvalue weighted by Crippen LogP contribution is 2.45. The van der Waals surface area contributed by atoms with Gasteiger partial charge in [0.1, 0.15) is 5.54 Å². The number of hydrogen-bond acceptors (Lipinski definition) is 7. The zero-order valence-corrected chi connectivity index (χ0v) is 13.4. The average Bonchev–Trinajstić information content (AvgIpc) is 2.96. The minimum atomic E-state index is -0.432. The molecule has 8 heteroatoms. The van der Waals surface area contributed by atoms with Gasteiger partial charge >= 0.3 is 0 Å². The maximum absolute atomic E-state index is 13.1. The van der Waals surface area contributed by atoms with Gasteiger partial charge in [-0.15, -0.1) is 11.8 Å². The molecule has 1 fully saturated rings. The van der Waals surface area contributed by atoms with Gasteiger partial charge in [0, 0.05) is 30.6 Å². The zero-order valence-electron chi connectivity index (χ0n) is 12.6. The van der Waals surface area contributed by atoms with Crippen LogP contribution in [0.5, 0.6) is 0 Å². The smallest absolute Gasteiger partial charge is 0.225 e. The van der Waals surface area contributed by atoms with Gasteiger partial charge in [-0.05, 0) is 6.92 Å². The molecule has 4 heterocycles. The van der Waals surface area contributed by atoms with Crippen LogP contribution in [-0.4, -0.2) is 43.8 Å². The Balaban J connectivity index is 1.75. The SMILES string of the molecule is CC1=NC2(c3cnccn3)CN(c3ncc(F)cn3)CC2CS1. The molecule has 2 aromatic heterocycles. The van der Waals surface area contributed by atoms with Crippen LogP contribution in [0, 0.1) is 11.7 Å². The Morgan fingerprint density at radius 2 is 2.04 bits per heavy atom. The Morgan fingerprint density at radius 3 is 2.78 bits per heavy atom. The Bertz CT molecular complexity index is 737. The number of aliphatic imine (C=N–C) groups is 1. The fourth-order valence-corrected chi connectivity index (χ4v) is 4.30. The molecule has 2 atom stereocenters. The van der Waals surface area contributed by atoms with E-state index in [2.05, 4.69) is 24.8 Å². The molecule has 2 aromatic rings. The van der Waals surface area contributed by atoms with Gasteiger partial charge in [0.2, 0.25) is 5.95 Å². The highest BCUT2D eigenvalue weighted by atomic mass is 32.2. The number of halogens is 1. The third-order valence-electron chi connectivity index (χ3n) is 4.29. The second-order valence-corrected chi connectivity index (χ2v) is 6.95. The summed E-state index contributed by atoms with van der Waals surface area (Å²) >= 11 is 1.76. The van der Waals surface area contributed by atoms with E-state index in [1.54, 1.807) is 30.4 Å². The van der Waals surface area contributed by atoms with Crippen molar-refractivity contribution in [3.8, 4) is 0 Å². The molecule has 0 aliphatic carbocycles. The quantitative estimate of drug-likeness (QED) is 0.838. The first-order valence-electron chi connectivity index (χ1n) is 7.35. The van der Waals surface area contributed by atoms with Crippen molar-refractivity contribution in [2.24, 2.45) is 10.9 Å². The van der Waals surface area contributed by atoms with Gasteiger partial charge in [-0.2, -0.15) is 0 Å². The molecular weight excluding hydrogens is 315 g/mol. The molecule has 1 saturated heterocycles. The van der Waals surface area contributed by atoms with E-state index >= 15 is 0 Å². The van der Waals surface area contributed by atoms with E-state index in [-0.39, 0.29) is 0 Å². The minimum absolute atomic E-state index is 0.293. The van der Waals surface area contributed by atoms with Crippen LogP contribution in [0.3, 0.4) is 0 Å². The molecular formula is C15H15FN6S. The van der Waals surface area contributed by atoms with E-state index in [1.165, 1.54) is 12.4 Å². The molecule has 4 rings (SSSR count). The maximum atomic E-state index is 13.1. The molecule has 0 N–H and O–H groups in total. The minimum Gasteiger partial charge on any atom is -0.338 e. The number of anilines is 1. The van der Waals surface area contributed by atoms with E-state index in [0.29, 0.717) is 18.4 Å². The molecule has 0 amide bonds. The summed E-state index contributed by atoms with van der Waals surface area (Å²) in [5, 5.41) is 1.05. The molecule has 0 saturated carbocycles. The number of rotatable bonds is 2. The standard InChI is InChI=1S/C15H15FN6S/c1-10-21-15(13-6-17-2-3-18-13)9-22(7-11(15)8-23-10)14-19-4-12(16)5-20-14/h2-6,11H,7-9H2,1H3. The largest absolute Gasteiger partial charge is 0.338 e. The molecule has 118 valence electrons. The molecule has 2 aliphatic heterocycles. The highest BCUT2D eigenvalue weighted by Gasteiger charge is 2.51. The van der Waals surface area contributed by atoms with Gasteiger partial charge in [-0.25, -0.2) is 14.4 Å². The average molecular weight is 330 g/mol. The third-order valence-corrected chi connectivity index (χ3v) is 5.37. The predicted octanol–water partition coefficient (Wildman–Crippen LogP) is 1.90. The molecule has 0 aromatic carbocycles. The number of fused-ring (bicyclic) bond motifs is 1. The van der Waals surface area contributed by atoms with Crippen LogP contribution in [0.4, 0.5) is 10.3 Å². The number of thioether (sulfide) groups is 1. The molecule has 2 aliphatic rings. The van der Waals surface area contributed by atoms with E-state index in [0.717, 1.165) is 23.0 Å². The summed E-state index contributed by atoms with van der Waals surface area (Å²) < 4.78 is 13.1. The normalized spacial score (nSPS) is 26.8. The molecule has 6 nitrogen and oxygen atoms in total. The van der Waals surface area contributed by atoms with Crippen LogP contribution in [0.1, 0.15) is 12.6 Å². The lowest BCUT2D eigenvalue weighted by molar-refractivity contribution is 0.376. The van der Waals surface area contributed by atoms with Crippen molar-refractivity contribution < 1.29 is 4.39 Å². The van der Waals surface area contributed by atoms with Crippen molar-refractivity contribution in [2.75, 3.05) is 23.7 Å². The Morgan fingerprint density at radius 1 is 1.22 bits per heavy atom. The van der Waals surface area contributed by atoms with E-state index in [9.17, 15) is 4.39 Å². The second kappa shape index (κ2) is 5.52. The lowest BCUT2D eigenvalue weighted by Crippen LogP contribution is -2.39. The van der Waals surface area contributed by atoms with Crippen LogP contribution < -0.4 is 4.90 Å². The summed E-state index contributed by atoms with van der Waals surface area (Å²) in [4.78, 5) is 23.9. The number of hydrogen-bond donors (Lipinski definition) is 0. The summed E-state index contributed by atoms with van der Waals surface area (Å²) in [7, 11) is 0. The number of nitrogens with zero attached hydrogens (tertiary/aromatic N) is 6. The summed E-state index contributed by atoms with van der Waals surface area (Å²) in [6.07, 6.45) is 7.55. The number of aromatic nitrogens is 4. The van der Waals surface area contributed by atoms with Gasteiger partial charge in [0.15, 0.2) is 5.82 Å².